The highest BCUT2D eigenvalue weighted by atomic mass is 17.2. The third-order valence-electron chi connectivity index (χ3n) is 7.76. The molecule has 2 aliphatic heterocycles. The molecule has 3 aliphatic carbocycles. The van der Waals surface area contributed by atoms with Gasteiger partial charge in [-0.1, -0.05) is 19.8 Å². The predicted octanol–water partition coefficient (Wildman–Crippen LogP) is 3.46. The number of carboxylic acid groups (broad SMARTS) is 1. The molecule has 25 heavy (non-hydrogen) atoms. The molecule has 2 N–H and O–H groups in total. The fourth-order valence-electron chi connectivity index (χ4n) is 6.66. The molecule has 1 saturated heterocycles. The summed E-state index contributed by atoms with van der Waals surface area (Å²) in [5, 5.41) is 20.7. The maximum Gasteiger partial charge on any atom is 0.309 e. The summed E-state index contributed by atoms with van der Waals surface area (Å²) in [7, 11) is 0. The third kappa shape index (κ3) is 2.22. The average molecular weight is 350 g/mol. The Kier molecular flexibility index (Phi) is 3.56. The Labute approximate surface area is 149 Å². The van der Waals surface area contributed by atoms with Crippen LogP contribution in [-0.4, -0.2) is 33.5 Å². The highest BCUT2D eigenvalue weighted by Crippen LogP contribution is 2.68. The van der Waals surface area contributed by atoms with Crippen LogP contribution in [0.25, 0.3) is 0 Å². The number of carboxylic acids is 1. The zero-order valence-electron chi connectivity index (χ0n) is 15.7. The number of aliphatic carboxylic acids is 1. The van der Waals surface area contributed by atoms with E-state index in [1.54, 1.807) is 13.8 Å². The SMILES string of the molecule is CC(C)(O)C1=CC23CC(C)(C(=O)O)C4CCCCC4(C)C2CC1OO3. The Morgan fingerprint density at radius 1 is 1.28 bits per heavy atom. The molecule has 0 aromatic carbocycles. The molecular formula is C20H30O5. The fraction of sp³-hybridized carbons (Fsp3) is 0.850. The molecule has 5 rings (SSSR count). The van der Waals surface area contributed by atoms with Gasteiger partial charge < -0.3 is 10.2 Å². The molecule has 1 spiro atoms. The number of aliphatic hydroxyl groups is 1. The first-order valence-corrected chi connectivity index (χ1v) is 9.56. The van der Waals surface area contributed by atoms with Gasteiger partial charge in [-0.15, -0.1) is 0 Å². The average Bonchev–Trinajstić information content (AvgIpc) is 2.53. The zero-order chi connectivity index (χ0) is 18.3. The summed E-state index contributed by atoms with van der Waals surface area (Å²) in [4.78, 5) is 23.9. The van der Waals surface area contributed by atoms with Gasteiger partial charge in [0, 0.05) is 5.92 Å². The Morgan fingerprint density at radius 2 is 2.00 bits per heavy atom. The summed E-state index contributed by atoms with van der Waals surface area (Å²) in [6.45, 7) is 7.68. The number of fused-ring (bicyclic) bond motifs is 2. The highest BCUT2D eigenvalue weighted by molar-refractivity contribution is 5.75. The molecule has 5 aliphatic rings. The van der Waals surface area contributed by atoms with Crippen LogP contribution in [0.5, 0.6) is 0 Å². The summed E-state index contributed by atoms with van der Waals surface area (Å²) in [5.74, 6) is -0.348. The zero-order valence-corrected chi connectivity index (χ0v) is 15.7. The summed E-state index contributed by atoms with van der Waals surface area (Å²) in [6, 6.07) is 0. The Morgan fingerprint density at radius 3 is 2.64 bits per heavy atom. The normalized spacial score (nSPS) is 49.2. The van der Waals surface area contributed by atoms with Gasteiger partial charge in [0.05, 0.1) is 11.0 Å². The van der Waals surface area contributed by atoms with E-state index in [-0.39, 0.29) is 23.4 Å². The second kappa shape index (κ2) is 5.08. The molecule has 6 unspecified atom stereocenters. The standard InChI is InChI=1S/C20H30O5/c1-17(2,23)12-10-20-11-19(4,16(21)22)14-7-5-6-8-18(14,3)15(20)9-13(12)24-25-20/h10,13-15,23H,5-9,11H2,1-4H3,(H,21,22). The van der Waals surface area contributed by atoms with Crippen molar-refractivity contribution in [1.29, 1.82) is 0 Å². The molecule has 0 aromatic rings. The van der Waals surface area contributed by atoms with Gasteiger partial charge in [0.1, 0.15) is 11.7 Å². The summed E-state index contributed by atoms with van der Waals surface area (Å²) in [6.07, 6.45) is 7.25. The third-order valence-corrected chi connectivity index (χ3v) is 7.76. The van der Waals surface area contributed by atoms with Gasteiger partial charge in [-0.2, -0.15) is 0 Å². The van der Waals surface area contributed by atoms with Crippen LogP contribution in [-0.2, 0) is 14.6 Å². The maximum absolute atomic E-state index is 12.3. The molecule has 2 heterocycles. The van der Waals surface area contributed by atoms with Crippen molar-refractivity contribution in [3.63, 3.8) is 0 Å². The van der Waals surface area contributed by atoms with Crippen molar-refractivity contribution in [1.82, 2.24) is 0 Å². The molecule has 2 bridgehead atoms. The second-order valence-electron chi connectivity index (χ2n) is 9.77. The fourth-order valence-corrected chi connectivity index (χ4v) is 6.66. The van der Waals surface area contributed by atoms with Crippen molar-refractivity contribution < 1.29 is 24.8 Å². The molecule has 6 atom stereocenters. The Hall–Kier alpha value is -0.910. The largest absolute Gasteiger partial charge is 0.481 e. The molecule has 0 radical (unpaired) electrons. The van der Waals surface area contributed by atoms with Gasteiger partial charge >= 0.3 is 5.97 Å². The molecular weight excluding hydrogens is 320 g/mol. The van der Waals surface area contributed by atoms with E-state index in [4.69, 9.17) is 9.78 Å². The van der Waals surface area contributed by atoms with Gasteiger partial charge in [-0.3, -0.25) is 4.79 Å². The van der Waals surface area contributed by atoms with Gasteiger partial charge in [0.15, 0.2) is 0 Å². The predicted molar refractivity (Wildman–Crippen MR) is 91.6 cm³/mol. The van der Waals surface area contributed by atoms with E-state index in [1.165, 1.54) is 0 Å². The minimum Gasteiger partial charge on any atom is -0.481 e. The molecule has 3 fully saturated rings. The lowest BCUT2D eigenvalue weighted by Crippen LogP contribution is -2.68. The Balaban J connectivity index is 1.87. The first-order valence-electron chi connectivity index (χ1n) is 9.56. The lowest BCUT2D eigenvalue weighted by molar-refractivity contribution is -0.440. The molecule has 0 amide bonds. The highest BCUT2D eigenvalue weighted by Gasteiger charge is 2.69. The van der Waals surface area contributed by atoms with Gasteiger partial charge in [-0.25, -0.2) is 9.78 Å². The van der Waals surface area contributed by atoms with Crippen LogP contribution in [0.3, 0.4) is 0 Å². The Bertz CT molecular complexity index is 634. The summed E-state index contributed by atoms with van der Waals surface area (Å²) < 4.78 is 0. The smallest absolute Gasteiger partial charge is 0.309 e. The lowest BCUT2D eigenvalue weighted by Gasteiger charge is -2.66. The van der Waals surface area contributed by atoms with Crippen LogP contribution in [0.1, 0.15) is 66.2 Å². The molecule has 2 saturated carbocycles. The molecule has 0 aromatic heterocycles. The van der Waals surface area contributed by atoms with E-state index in [0.29, 0.717) is 6.42 Å². The van der Waals surface area contributed by atoms with Crippen molar-refractivity contribution in [3.05, 3.63) is 11.6 Å². The van der Waals surface area contributed by atoms with Crippen LogP contribution in [0, 0.1) is 22.7 Å². The molecule has 140 valence electrons. The first kappa shape index (κ1) is 17.5. The van der Waals surface area contributed by atoms with Crippen molar-refractivity contribution >= 4 is 5.97 Å². The second-order valence-corrected chi connectivity index (χ2v) is 9.77. The number of carbonyl (C=O) groups is 1. The quantitative estimate of drug-likeness (QED) is 0.589. The minimum absolute atomic E-state index is 0.0761. The van der Waals surface area contributed by atoms with Crippen LogP contribution < -0.4 is 0 Å². The molecule has 5 heteroatoms. The first-order chi connectivity index (χ1) is 11.5. The lowest BCUT2D eigenvalue weighted by atomic mass is 9.41. The van der Waals surface area contributed by atoms with E-state index in [1.807, 2.05) is 13.0 Å². The van der Waals surface area contributed by atoms with Crippen LogP contribution in [0.15, 0.2) is 11.6 Å². The van der Waals surface area contributed by atoms with Crippen LogP contribution in [0.2, 0.25) is 0 Å². The minimum atomic E-state index is -0.990. The number of hydrogen-bond donors (Lipinski definition) is 2. The summed E-state index contributed by atoms with van der Waals surface area (Å²) >= 11 is 0. The van der Waals surface area contributed by atoms with Crippen molar-refractivity contribution in [2.75, 3.05) is 0 Å². The van der Waals surface area contributed by atoms with Crippen LogP contribution in [0.4, 0.5) is 0 Å². The topological polar surface area (TPSA) is 76.0 Å². The summed E-state index contributed by atoms with van der Waals surface area (Å²) in [5.41, 5.74) is -1.83. The van der Waals surface area contributed by atoms with E-state index in [2.05, 4.69) is 6.92 Å². The number of hydrogen-bond acceptors (Lipinski definition) is 4. The monoisotopic (exact) mass is 350 g/mol. The van der Waals surface area contributed by atoms with E-state index < -0.39 is 22.6 Å². The van der Waals surface area contributed by atoms with Gasteiger partial charge in [-0.05, 0) is 69.4 Å². The van der Waals surface area contributed by atoms with Gasteiger partial charge in [0.2, 0.25) is 0 Å². The van der Waals surface area contributed by atoms with Gasteiger partial charge in [0.25, 0.3) is 0 Å². The van der Waals surface area contributed by atoms with Crippen molar-refractivity contribution in [2.45, 2.75) is 83.5 Å². The number of rotatable bonds is 2. The van der Waals surface area contributed by atoms with E-state index in [0.717, 1.165) is 37.7 Å². The van der Waals surface area contributed by atoms with Crippen molar-refractivity contribution in [3.8, 4) is 0 Å². The van der Waals surface area contributed by atoms with Crippen molar-refractivity contribution in [2.24, 2.45) is 22.7 Å². The van der Waals surface area contributed by atoms with E-state index >= 15 is 0 Å². The molecule has 5 nitrogen and oxygen atoms in total. The van der Waals surface area contributed by atoms with Crippen LogP contribution >= 0.6 is 0 Å². The van der Waals surface area contributed by atoms with E-state index in [9.17, 15) is 15.0 Å². The maximum atomic E-state index is 12.3.